The first-order valence-corrected chi connectivity index (χ1v) is 11.0. The summed E-state index contributed by atoms with van der Waals surface area (Å²) >= 11 is 0. The van der Waals surface area contributed by atoms with Crippen molar-refractivity contribution in [3.63, 3.8) is 0 Å². The number of carbonyl (C=O) groups is 2. The van der Waals surface area contributed by atoms with Crippen LogP contribution in [-0.2, 0) is 10.0 Å². The number of anilines is 2. The monoisotopic (exact) mass is 450 g/mol. The quantitative estimate of drug-likeness (QED) is 0.334. The molecule has 0 atom stereocenters. The van der Waals surface area contributed by atoms with E-state index in [9.17, 15) is 22.8 Å². The van der Waals surface area contributed by atoms with Crippen LogP contribution in [0.4, 0.5) is 11.4 Å². The van der Waals surface area contributed by atoms with Gasteiger partial charge in [0.15, 0.2) is 5.78 Å². The number of hydrogen-bond donors (Lipinski definition) is 4. The molecule has 9 nitrogen and oxygen atoms in total. The maximum atomic E-state index is 12.9. The highest BCUT2D eigenvalue weighted by Crippen LogP contribution is 2.23. The molecule has 1 amide bonds. The number of Topliss-reactive ketones (excluding diaryl/α,β-unsaturated/α-hetero) is 1. The van der Waals surface area contributed by atoms with E-state index in [1.165, 1.54) is 37.3 Å². The summed E-state index contributed by atoms with van der Waals surface area (Å²) in [5.74, 6) is -0.690. The molecular formula is C22H18N4O5S. The van der Waals surface area contributed by atoms with Gasteiger partial charge in [-0.05, 0) is 49.4 Å². The lowest BCUT2D eigenvalue weighted by Crippen LogP contribution is -2.18. The van der Waals surface area contributed by atoms with Gasteiger partial charge >= 0.3 is 5.69 Å². The van der Waals surface area contributed by atoms with E-state index in [0.717, 1.165) is 0 Å². The molecule has 0 aliphatic rings. The van der Waals surface area contributed by atoms with Crippen LogP contribution in [0.5, 0.6) is 0 Å². The number of carbonyl (C=O) groups excluding carboxylic acids is 2. The zero-order valence-electron chi connectivity index (χ0n) is 16.8. The van der Waals surface area contributed by atoms with E-state index in [1.807, 2.05) is 0 Å². The van der Waals surface area contributed by atoms with Crippen LogP contribution in [-0.4, -0.2) is 30.1 Å². The summed E-state index contributed by atoms with van der Waals surface area (Å²) in [6, 6.07) is 16.7. The van der Waals surface area contributed by atoms with Crippen LogP contribution in [0.3, 0.4) is 0 Å². The summed E-state index contributed by atoms with van der Waals surface area (Å²) < 4.78 is 28.3. The van der Waals surface area contributed by atoms with Gasteiger partial charge in [-0.2, -0.15) is 0 Å². The van der Waals surface area contributed by atoms with E-state index in [4.69, 9.17) is 0 Å². The van der Waals surface area contributed by atoms with Crippen LogP contribution in [0.2, 0.25) is 0 Å². The topological polar surface area (TPSA) is 141 Å². The molecule has 1 heterocycles. The summed E-state index contributed by atoms with van der Waals surface area (Å²) in [7, 11) is -4.05. The molecule has 0 radical (unpaired) electrons. The first-order valence-electron chi connectivity index (χ1n) is 9.49. The molecule has 162 valence electrons. The van der Waals surface area contributed by atoms with Crippen LogP contribution in [0.15, 0.2) is 76.4 Å². The third kappa shape index (κ3) is 4.30. The Balaban J connectivity index is 1.62. The molecule has 0 saturated carbocycles. The zero-order valence-corrected chi connectivity index (χ0v) is 17.6. The Morgan fingerprint density at radius 2 is 1.62 bits per heavy atom. The Morgan fingerprint density at radius 1 is 0.875 bits per heavy atom. The second-order valence-corrected chi connectivity index (χ2v) is 8.71. The summed E-state index contributed by atoms with van der Waals surface area (Å²) in [4.78, 5) is 40.8. The number of sulfonamides is 1. The molecule has 0 aliphatic carbocycles. The zero-order chi connectivity index (χ0) is 22.9. The van der Waals surface area contributed by atoms with Gasteiger partial charge < -0.3 is 15.3 Å². The number of rotatable bonds is 6. The predicted octanol–water partition coefficient (Wildman–Crippen LogP) is 3.11. The van der Waals surface area contributed by atoms with Gasteiger partial charge in [0.05, 0.1) is 27.2 Å². The van der Waals surface area contributed by atoms with Crippen LogP contribution in [0.25, 0.3) is 11.0 Å². The fourth-order valence-corrected chi connectivity index (χ4v) is 4.27. The van der Waals surface area contributed by atoms with Crippen LogP contribution < -0.4 is 15.7 Å². The second-order valence-electron chi connectivity index (χ2n) is 7.03. The fraction of sp³-hybridized carbons (Fsp3) is 0.0455. The average molecular weight is 450 g/mol. The normalized spacial score (nSPS) is 11.3. The molecule has 1 aromatic heterocycles. The summed E-state index contributed by atoms with van der Waals surface area (Å²) in [6.45, 7) is 1.42. The number of para-hydroxylation sites is 1. The average Bonchev–Trinajstić information content (AvgIpc) is 3.13. The van der Waals surface area contributed by atoms with E-state index in [0.29, 0.717) is 22.3 Å². The Morgan fingerprint density at radius 3 is 2.41 bits per heavy atom. The Labute approximate surface area is 182 Å². The summed E-state index contributed by atoms with van der Waals surface area (Å²) in [5.41, 5.74) is 1.39. The highest BCUT2D eigenvalue weighted by atomic mass is 32.2. The van der Waals surface area contributed by atoms with Crippen molar-refractivity contribution >= 4 is 44.1 Å². The van der Waals surface area contributed by atoms with Gasteiger partial charge in [0.2, 0.25) is 0 Å². The summed E-state index contributed by atoms with van der Waals surface area (Å²) in [5, 5.41) is 2.68. The predicted molar refractivity (Wildman–Crippen MR) is 121 cm³/mol. The smallest absolute Gasteiger partial charge is 0.322 e. The standard InChI is InChI=1S/C22H18N4O5S/c1-13(27)14-5-4-6-15(11-14)23-21(28)17-7-2-3-8-18(17)26-32(30,31)16-9-10-19-20(12-16)25-22(29)24-19/h2-12,26H,1H3,(H,23,28)(H2,24,25,29). The van der Waals surface area contributed by atoms with Crippen molar-refractivity contribution in [2.75, 3.05) is 10.0 Å². The van der Waals surface area contributed by atoms with Crippen molar-refractivity contribution in [2.45, 2.75) is 11.8 Å². The Kier molecular flexibility index (Phi) is 5.37. The number of aromatic nitrogens is 2. The third-order valence-electron chi connectivity index (χ3n) is 4.74. The minimum Gasteiger partial charge on any atom is -0.322 e. The minimum absolute atomic E-state index is 0.0791. The fourth-order valence-electron chi connectivity index (χ4n) is 3.17. The number of hydrogen-bond acceptors (Lipinski definition) is 5. The molecule has 0 saturated heterocycles. The Bertz CT molecular complexity index is 1520. The molecule has 0 unspecified atom stereocenters. The minimum atomic E-state index is -4.05. The lowest BCUT2D eigenvalue weighted by molar-refractivity contribution is 0.101. The third-order valence-corrected chi connectivity index (χ3v) is 6.10. The number of nitrogens with one attached hydrogen (secondary N) is 4. The molecule has 32 heavy (non-hydrogen) atoms. The molecule has 0 fully saturated rings. The van der Waals surface area contributed by atoms with E-state index in [1.54, 1.807) is 36.4 Å². The van der Waals surface area contributed by atoms with Gasteiger partial charge in [0.1, 0.15) is 0 Å². The SMILES string of the molecule is CC(=O)c1cccc(NC(=O)c2ccccc2NS(=O)(=O)c2ccc3[nH]c(=O)[nH]c3c2)c1. The van der Waals surface area contributed by atoms with Crippen LogP contribution in [0, 0.1) is 0 Å². The van der Waals surface area contributed by atoms with E-state index >= 15 is 0 Å². The van der Waals surface area contributed by atoms with E-state index in [-0.39, 0.29) is 21.9 Å². The van der Waals surface area contributed by atoms with Gasteiger partial charge in [-0.3, -0.25) is 14.3 Å². The van der Waals surface area contributed by atoms with Gasteiger partial charge in [-0.15, -0.1) is 0 Å². The lowest BCUT2D eigenvalue weighted by atomic mass is 10.1. The van der Waals surface area contributed by atoms with E-state index < -0.39 is 21.6 Å². The number of amides is 1. The largest absolute Gasteiger partial charge is 0.323 e. The molecule has 0 spiro atoms. The van der Waals surface area contributed by atoms with Crippen molar-refractivity contribution in [3.05, 3.63) is 88.3 Å². The molecule has 4 N–H and O–H groups in total. The molecule has 10 heteroatoms. The molecule has 3 aromatic carbocycles. The Hall–Kier alpha value is -4.18. The molecule has 4 aromatic rings. The summed E-state index contributed by atoms with van der Waals surface area (Å²) in [6.07, 6.45) is 0. The number of imidazole rings is 1. The van der Waals surface area contributed by atoms with Gasteiger partial charge in [0, 0.05) is 11.3 Å². The highest BCUT2D eigenvalue weighted by Gasteiger charge is 2.19. The van der Waals surface area contributed by atoms with Gasteiger partial charge in [-0.25, -0.2) is 13.2 Å². The molecule has 4 rings (SSSR count). The number of fused-ring (bicyclic) bond motifs is 1. The van der Waals surface area contributed by atoms with Crippen LogP contribution in [0.1, 0.15) is 27.6 Å². The van der Waals surface area contributed by atoms with Crippen LogP contribution >= 0.6 is 0 Å². The van der Waals surface area contributed by atoms with Crippen molar-refractivity contribution < 1.29 is 18.0 Å². The maximum absolute atomic E-state index is 12.9. The van der Waals surface area contributed by atoms with Crippen molar-refractivity contribution in [1.29, 1.82) is 0 Å². The van der Waals surface area contributed by atoms with Crippen molar-refractivity contribution in [3.8, 4) is 0 Å². The second kappa shape index (κ2) is 8.16. The maximum Gasteiger partial charge on any atom is 0.323 e. The van der Waals surface area contributed by atoms with Crippen molar-refractivity contribution in [2.24, 2.45) is 0 Å². The first kappa shape index (κ1) is 21.1. The number of H-pyrrole nitrogens is 2. The van der Waals surface area contributed by atoms with Gasteiger partial charge in [-0.1, -0.05) is 24.3 Å². The lowest BCUT2D eigenvalue weighted by Gasteiger charge is -2.13. The number of aromatic amines is 2. The molecule has 0 aliphatic heterocycles. The van der Waals surface area contributed by atoms with E-state index in [2.05, 4.69) is 20.0 Å². The first-order chi connectivity index (χ1) is 15.2. The number of ketones is 1. The number of benzene rings is 3. The van der Waals surface area contributed by atoms with Gasteiger partial charge in [0.25, 0.3) is 15.9 Å². The molecular weight excluding hydrogens is 432 g/mol. The molecule has 0 bridgehead atoms. The highest BCUT2D eigenvalue weighted by molar-refractivity contribution is 7.92. The van der Waals surface area contributed by atoms with Crippen molar-refractivity contribution in [1.82, 2.24) is 9.97 Å².